The zero-order valence-corrected chi connectivity index (χ0v) is 12.1. The molecule has 0 bridgehead atoms. The number of hydrogen-bond donors (Lipinski definition) is 1. The monoisotopic (exact) mass is 341 g/mol. The number of non-ortho nitro benzene ring substituents is 2. The maximum atomic E-state index is 13.4. The number of hydrogen-bond acceptors (Lipinski definition) is 5. The third kappa shape index (κ3) is 3.26. The number of nitro benzene ring substituents is 2. The van der Waals surface area contributed by atoms with Gasteiger partial charge >= 0.3 is 6.18 Å². The molecule has 0 aliphatic rings. The molecule has 7 nitrogen and oxygen atoms in total. The lowest BCUT2D eigenvalue weighted by molar-refractivity contribution is -0.394. The molecule has 2 rings (SSSR count). The number of alkyl halides is 3. The standard InChI is InChI=1S/C14H10F3N3O4/c1-18-12-4-2-3-11(13(12)14(15,16)17)8-5-9(19(21)22)7-10(6-8)20(23)24/h2-7,18H,1H3. The SMILES string of the molecule is CNc1cccc(-c2cc([N+](=O)[O-])cc([N+](=O)[O-])c2)c1C(F)(F)F. The highest BCUT2D eigenvalue weighted by molar-refractivity contribution is 5.77. The lowest BCUT2D eigenvalue weighted by atomic mass is 9.96. The summed E-state index contributed by atoms with van der Waals surface area (Å²) in [5.74, 6) is 0. The number of benzene rings is 2. The van der Waals surface area contributed by atoms with Crippen molar-refractivity contribution in [3.8, 4) is 11.1 Å². The van der Waals surface area contributed by atoms with Crippen molar-refractivity contribution in [1.29, 1.82) is 0 Å². The second kappa shape index (κ2) is 6.14. The van der Waals surface area contributed by atoms with E-state index in [4.69, 9.17) is 0 Å². The van der Waals surface area contributed by atoms with Crippen LogP contribution in [-0.2, 0) is 6.18 Å². The molecule has 2 aromatic rings. The van der Waals surface area contributed by atoms with Crippen LogP contribution in [0, 0.1) is 20.2 Å². The Morgan fingerprint density at radius 1 is 1.00 bits per heavy atom. The third-order valence-electron chi connectivity index (χ3n) is 3.25. The highest BCUT2D eigenvalue weighted by Crippen LogP contribution is 2.43. The Morgan fingerprint density at radius 2 is 1.54 bits per heavy atom. The van der Waals surface area contributed by atoms with E-state index in [-0.39, 0.29) is 16.8 Å². The first-order chi connectivity index (χ1) is 11.1. The van der Waals surface area contributed by atoms with Crippen LogP contribution in [-0.4, -0.2) is 16.9 Å². The average molecular weight is 341 g/mol. The fourth-order valence-electron chi connectivity index (χ4n) is 2.27. The van der Waals surface area contributed by atoms with E-state index in [0.717, 1.165) is 18.2 Å². The van der Waals surface area contributed by atoms with Crippen LogP contribution in [0.25, 0.3) is 11.1 Å². The molecule has 24 heavy (non-hydrogen) atoms. The molecular weight excluding hydrogens is 331 g/mol. The van der Waals surface area contributed by atoms with Crippen molar-refractivity contribution in [3.63, 3.8) is 0 Å². The largest absolute Gasteiger partial charge is 0.418 e. The molecule has 0 aromatic heterocycles. The summed E-state index contributed by atoms with van der Waals surface area (Å²) in [5.41, 5.74) is -3.28. The molecule has 0 aliphatic heterocycles. The van der Waals surface area contributed by atoms with Crippen LogP contribution in [0.3, 0.4) is 0 Å². The topological polar surface area (TPSA) is 98.3 Å². The van der Waals surface area contributed by atoms with Crippen LogP contribution in [0.1, 0.15) is 5.56 Å². The number of nitrogens with zero attached hydrogens (tertiary/aromatic N) is 2. The fraction of sp³-hybridized carbons (Fsp3) is 0.143. The minimum Gasteiger partial charge on any atom is -0.388 e. The van der Waals surface area contributed by atoms with Gasteiger partial charge in [-0.3, -0.25) is 20.2 Å². The first kappa shape index (κ1) is 17.2. The minimum absolute atomic E-state index is 0.242. The Bertz CT molecular complexity index is 789. The van der Waals surface area contributed by atoms with Crippen LogP contribution in [0.2, 0.25) is 0 Å². The van der Waals surface area contributed by atoms with E-state index in [0.29, 0.717) is 6.07 Å². The molecule has 0 unspecified atom stereocenters. The van der Waals surface area contributed by atoms with Gasteiger partial charge < -0.3 is 5.32 Å². The number of nitro groups is 2. The highest BCUT2D eigenvalue weighted by atomic mass is 19.4. The van der Waals surface area contributed by atoms with Gasteiger partial charge in [0.1, 0.15) is 0 Å². The second-order valence-corrected chi connectivity index (χ2v) is 4.73. The molecule has 0 atom stereocenters. The second-order valence-electron chi connectivity index (χ2n) is 4.73. The molecule has 0 spiro atoms. The van der Waals surface area contributed by atoms with E-state index in [9.17, 15) is 33.4 Å². The van der Waals surface area contributed by atoms with E-state index in [1.54, 1.807) is 0 Å². The molecule has 0 saturated heterocycles. The van der Waals surface area contributed by atoms with Gasteiger partial charge in [0.2, 0.25) is 0 Å². The van der Waals surface area contributed by atoms with Crippen LogP contribution in [0.4, 0.5) is 30.2 Å². The quantitative estimate of drug-likeness (QED) is 0.663. The van der Waals surface area contributed by atoms with Crippen molar-refractivity contribution in [2.75, 3.05) is 12.4 Å². The molecule has 0 fully saturated rings. The van der Waals surface area contributed by atoms with Gasteiger partial charge in [-0.25, -0.2) is 0 Å². The van der Waals surface area contributed by atoms with Crippen molar-refractivity contribution in [1.82, 2.24) is 0 Å². The average Bonchev–Trinajstić information content (AvgIpc) is 2.52. The normalized spacial score (nSPS) is 11.2. The summed E-state index contributed by atoms with van der Waals surface area (Å²) in [7, 11) is 1.30. The third-order valence-corrected chi connectivity index (χ3v) is 3.25. The van der Waals surface area contributed by atoms with E-state index in [1.165, 1.54) is 19.2 Å². The van der Waals surface area contributed by atoms with Crippen LogP contribution >= 0.6 is 0 Å². The highest BCUT2D eigenvalue weighted by Gasteiger charge is 2.37. The summed E-state index contributed by atoms with van der Waals surface area (Å²) in [5, 5.41) is 24.2. The number of halogens is 3. The lowest BCUT2D eigenvalue weighted by Gasteiger charge is -2.17. The van der Waals surface area contributed by atoms with E-state index in [2.05, 4.69) is 5.32 Å². The van der Waals surface area contributed by atoms with Gasteiger partial charge in [0.05, 0.1) is 21.5 Å². The lowest BCUT2D eigenvalue weighted by Crippen LogP contribution is -2.11. The summed E-state index contributed by atoms with van der Waals surface area (Å²) in [6, 6.07) is 6.05. The fourth-order valence-corrected chi connectivity index (χ4v) is 2.27. The summed E-state index contributed by atoms with van der Waals surface area (Å²) >= 11 is 0. The van der Waals surface area contributed by atoms with Gasteiger partial charge in [0, 0.05) is 24.9 Å². The summed E-state index contributed by atoms with van der Waals surface area (Å²) < 4.78 is 40.2. The van der Waals surface area contributed by atoms with Crippen molar-refractivity contribution in [2.45, 2.75) is 6.18 Å². The van der Waals surface area contributed by atoms with E-state index in [1.807, 2.05) is 0 Å². The van der Waals surface area contributed by atoms with Crippen molar-refractivity contribution in [2.24, 2.45) is 0 Å². The molecule has 0 amide bonds. The Balaban J connectivity index is 2.81. The van der Waals surface area contributed by atoms with Crippen LogP contribution < -0.4 is 5.32 Å². The molecule has 0 aliphatic carbocycles. The van der Waals surface area contributed by atoms with Gasteiger partial charge in [-0.2, -0.15) is 13.2 Å². The zero-order chi connectivity index (χ0) is 18.1. The van der Waals surface area contributed by atoms with E-state index >= 15 is 0 Å². The van der Waals surface area contributed by atoms with Gasteiger partial charge in [-0.15, -0.1) is 0 Å². The molecule has 2 aromatic carbocycles. The molecule has 126 valence electrons. The van der Waals surface area contributed by atoms with Gasteiger partial charge in [0.15, 0.2) is 0 Å². The predicted octanol–water partition coefficient (Wildman–Crippen LogP) is 4.23. The molecule has 0 radical (unpaired) electrons. The van der Waals surface area contributed by atoms with E-state index < -0.39 is 33.0 Å². The zero-order valence-electron chi connectivity index (χ0n) is 12.1. The summed E-state index contributed by atoms with van der Waals surface area (Å²) in [6.45, 7) is 0. The molecular formula is C14H10F3N3O4. The first-order valence-corrected chi connectivity index (χ1v) is 6.47. The van der Waals surface area contributed by atoms with Crippen molar-refractivity contribution < 1.29 is 23.0 Å². The van der Waals surface area contributed by atoms with Gasteiger partial charge in [-0.1, -0.05) is 12.1 Å². The Kier molecular flexibility index (Phi) is 4.40. The van der Waals surface area contributed by atoms with Crippen molar-refractivity contribution >= 4 is 17.1 Å². The summed E-state index contributed by atoms with van der Waals surface area (Å²) in [6.07, 6.45) is -4.76. The molecule has 1 N–H and O–H groups in total. The molecule has 0 saturated carbocycles. The minimum atomic E-state index is -4.76. The smallest absolute Gasteiger partial charge is 0.388 e. The maximum Gasteiger partial charge on any atom is 0.418 e. The summed E-state index contributed by atoms with van der Waals surface area (Å²) in [4.78, 5) is 20.0. The van der Waals surface area contributed by atoms with Gasteiger partial charge in [0.25, 0.3) is 11.4 Å². The predicted molar refractivity (Wildman–Crippen MR) is 79.7 cm³/mol. The molecule has 10 heteroatoms. The van der Waals surface area contributed by atoms with Crippen LogP contribution in [0.5, 0.6) is 0 Å². The first-order valence-electron chi connectivity index (χ1n) is 6.47. The Labute approximate surface area is 133 Å². The van der Waals surface area contributed by atoms with Crippen LogP contribution in [0.15, 0.2) is 36.4 Å². The number of nitrogens with one attached hydrogen (secondary N) is 1. The van der Waals surface area contributed by atoms with Crippen molar-refractivity contribution in [3.05, 3.63) is 62.2 Å². The Morgan fingerprint density at radius 3 is 1.96 bits per heavy atom. The maximum absolute atomic E-state index is 13.4. The Hall–Kier alpha value is -3.17. The number of rotatable bonds is 4. The number of anilines is 1. The van der Waals surface area contributed by atoms with Gasteiger partial charge in [-0.05, 0) is 17.2 Å². The molecule has 0 heterocycles.